The van der Waals surface area contributed by atoms with E-state index in [0.717, 1.165) is 29.7 Å². The number of pyridine rings is 1. The van der Waals surface area contributed by atoms with Gasteiger partial charge in [0.15, 0.2) is 5.78 Å². The third-order valence-corrected chi connectivity index (χ3v) is 4.14. The first-order chi connectivity index (χ1) is 10.8. The minimum atomic E-state index is 0.173. The van der Waals surface area contributed by atoms with Crippen molar-refractivity contribution in [1.29, 1.82) is 0 Å². The minimum Gasteiger partial charge on any atom is -0.497 e. The summed E-state index contributed by atoms with van der Waals surface area (Å²) in [6.45, 7) is 0. The molecule has 3 rings (SSSR count). The lowest BCUT2D eigenvalue weighted by atomic mass is 9.78. The second-order valence-corrected chi connectivity index (χ2v) is 5.52. The summed E-state index contributed by atoms with van der Waals surface area (Å²) >= 11 is 0. The maximum absolute atomic E-state index is 12.4. The normalized spacial score (nSPS) is 20.1. The Labute approximate surface area is 130 Å². The number of ether oxygens (including phenoxy) is 1. The number of aromatic nitrogens is 1. The Morgan fingerprint density at radius 2 is 1.86 bits per heavy atom. The van der Waals surface area contributed by atoms with Gasteiger partial charge in [-0.05, 0) is 54.3 Å². The first kappa shape index (κ1) is 14.5. The SMILES string of the molecule is COc1ccc(C=C2C(=O)CCCC2c2ccncc2)cc1. The maximum atomic E-state index is 12.4. The van der Waals surface area contributed by atoms with E-state index >= 15 is 0 Å². The van der Waals surface area contributed by atoms with Crippen molar-refractivity contribution in [2.24, 2.45) is 0 Å². The van der Waals surface area contributed by atoms with Crippen LogP contribution < -0.4 is 4.74 Å². The lowest BCUT2D eigenvalue weighted by molar-refractivity contribution is -0.116. The number of Topliss-reactive ketones (excluding diaryl/α,β-unsaturated/α-hetero) is 1. The van der Waals surface area contributed by atoms with Crippen LogP contribution in [0.1, 0.15) is 36.3 Å². The molecule has 3 nitrogen and oxygen atoms in total. The number of nitrogens with zero attached hydrogens (tertiary/aromatic N) is 1. The highest BCUT2D eigenvalue weighted by atomic mass is 16.5. The van der Waals surface area contributed by atoms with Crippen LogP contribution in [-0.4, -0.2) is 17.9 Å². The summed E-state index contributed by atoms with van der Waals surface area (Å²) < 4.78 is 5.18. The van der Waals surface area contributed by atoms with E-state index in [0.29, 0.717) is 6.42 Å². The molecule has 1 aliphatic carbocycles. The van der Waals surface area contributed by atoms with E-state index in [2.05, 4.69) is 4.98 Å². The largest absolute Gasteiger partial charge is 0.497 e. The Morgan fingerprint density at radius 3 is 2.55 bits per heavy atom. The van der Waals surface area contributed by atoms with Gasteiger partial charge in [0.25, 0.3) is 0 Å². The number of methoxy groups -OCH3 is 1. The third kappa shape index (κ3) is 3.08. The average molecular weight is 293 g/mol. The van der Waals surface area contributed by atoms with Gasteiger partial charge in [0, 0.05) is 30.3 Å². The van der Waals surface area contributed by atoms with Crippen molar-refractivity contribution in [2.75, 3.05) is 7.11 Å². The molecule has 1 heterocycles. The molecule has 0 saturated heterocycles. The first-order valence-corrected chi connectivity index (χ1v) is 7.56. The Morgan fingerprint density at radius 1 is 1.14 bits per heavy atom. The molecule has 112 valence electrons. The minimum absolute atomic E-state index is 0.173. The summed E-state index contributed by atoms with van der Waals surface area (Å²) in [5, 5.41) is 0. The molecule has 2 aromatic rings. The van der Waals surface area contributed by atoms with Crippen molar-refractivity contribution in [2.45, 2.75) is 25.2 Å². The number of allylic oxidation sites excluding steroid dienone is 1. The number of carbonyl (C=O) groups is 1. The van der Waals surface area contributed by atoms with E-state index in [4.69, 9.17) is 4.74 Å². The zero-order chi connectivity index (χ0) is 15.4. The molecule has 22 heavy (non-hydrogen) atoms. The highest BCUT2D eigenvalue weighted by Gasteiger charge is 2.26. The van der Waals surface area contributed by atoms with Gasteiger partial charge in [-0.2, -0.15) is 0 Å². The van der Waals surface area contributed by atoms with E-state index < -0.39 is 0 Å². The van der Waals surface area contributed by atoms with Crippen LogP contribution in [0.3, 0.4) is 0 Å². The predicted molar refractivity (Wildman–Crippen MR) is 86.8 cm³/mol. The van der Waals surface area contributed by atoms with Gasteiger partial charge in [-0.25, -0.2) is 0 Å². The molecule has 0 aliphatic heterocycles. The first-order valence-electron chi connectivity index (χ1n) is 7.56. The highest BCUT2D eigenvalue weighted by molar-refractivity contribution is 6.01. The molecular formula is C19H19NO2. The number of hydrogen-bond acceptors (Lipinski definition) is 3. The van der Waals surface area contributed by atoms with Crippen molar-refractivity contribution in [3.63, 3.8) is 0 Å². The molecule has 0 bridgehead atoms. The van der Waals surface area contributed by atoms with Crippen molar-refractivity contribution >= 4 is 11.9 Å². The number of benzene rings is 1. The molecule has 1 aromatic carbocycles. The summed E-state index contributed by atoms with van der Waals surface area (Å²) in [7, 11) is 1.65. The maximum Gasteiger partial charge on any atom is 0.159 e. The molecule has 3 heteroatoms. The second-order valence-electron chi connectivity index (χ2n) is 5.52. The van der Waals surface area contributed by atoms with Crippen LogP contribution in [-0.2, 0) is 4.79 Å². The van der Waals surface area contributed by atoms with Crippen LogP contribution in [0, 0.1) is 0 Å². The molecular weight excluding hydrogens is 274 g/mol. The fourth-order valence-electron chi connectivity index (χ4n) is 2.96. The fraction of sp³-hybridized carbons (Fsp3) is 0.263. The molecule has 1 atom stereocenters. The monoisotopic (exact) mass is 293 g/mol. The summed E-state index contributed by atoms with van der Waals surface area (Å²) in [5.74, 6) is 1.25. The smallest absolute Gasteiger partial charge is 0.159 e. The van der Waals surface area contributed by atoms with Crippen LogP contribution >= 0.6 is 0 Å². The van der Waals surface area contributed by atoms with E-state index in [-0.39, 0.29) is 11.7 Å². The average Bonchev–Trinajstić information content (AvgIpc) is 2.58. The summed E-state index contributed by atoms with van der Waals surface area (Å²) in [4.78, 5) is 16.5. The summed E-state index contributed by atoms with van der Waals surface area (Å²) in [6, 6.07) is 11.8. The molecule has 0 N–H and O–H groups in total. The van der Waals surface area contributed by atoms with Gasteiger partial charge in [0.05, 0.1) is 7.11 Å². The van der Waals surface area contributed by atoms with Crippen LogP contribution in [0.4, 0.5) is 0 Å². The molecule has 0 radical (unpaired) electrons. The van der Waals surface area contributed by atoms with Gasteiger partial charge < -0.3 is 4.74 Å². The van der Waals surface area contributed by atoms with Crippen LogP contribution in [0.25, 0.3) is 6.08 Å². The van der Waals surface area contributed by atoms with Crippen molar-refractivity contribution in [1.82, 2.24) is 4.98 Å². The lowest BCUT2D eigenvalue weighted by Gasteiger charge is -2.24. The Hall–Kier alpha value is -2.42. The molecule has 1 aromatic heterocycles. The number of rotatable bonds is 3. The van der Waals surface area contributed by atoms with E-state index in [1.807, 2.05) is 42.5 Å². The third-order valence-electron chi connectivity index (χ3n) is 4.14. The van der Waals surface area contributed by atoms with Gasteiger partial charge in [-0.1, -0.05) is 12.1 Å². The van der Waals surface area contributed by atoms with Crippen molar-refractivity contribution < 1.29 is 9.53 Å². The Kier molecular flexibility index (Phi) is 4.33. The topological polar surface area (TPSA) is 39.2 Å². The zero-order valence-corrected chi connectivity index (χ0v) is 12.7. The van der Waals surface area contributed by atoms with Crippen molar-refractivity contribution in [3.8, 4) is 5.75 Å². The van der Waals surface area contributed by atoms with Gasteiger partial charge in [-0.15, -0.1) is 0 Å². The van der Waals surface area contributed by atoms with Gasteiger partial charge >= 0.3 is 0 Å². The predicted octanol–water partition coefficient (Wildman–Crippen LogP) is 4.01. The van der Waals surface area contributed by atoms with Crippen LogP contribution in [0.15, 0.2) is 54.4 Å². The Bertz CT molecular complexity index is 674. The molecule has 1 saturated carbocycles. The number of ketones is 1. The quantitative estimate of drug-likeness (QED) is 0.803. The highest BCUT2D eigenvalue weighted by Crippen LogP contribution is 2.36. The molecule has 1 aliphatic rings. The Balaban J connectivity index is 1.95. The van der Waals surface area contributed by atoms with Crippen molar-refractivity contribution in [3.05, 3.63) is 65.5 Å². The summed E-state index contributed by atoms with van der Waals surface area (Å²) in [5.41, 5.74) is 3.11. The van der Waals surface area contributed by atoms with Crippen LogP contribution in [0.2, 0.25) is 0 Å². The molecule has 0 amide bonds. The van der Waals surface area contributed by atoms with Gasteiger partial charge in [0.2, 0.25) is 0 Å². The second kappa shape index (κ2) is 6.56. The number of carbonyl (C=O) groups excluding carboxylic acids is 1. The molecule has 0 spiro atoms. The van der Waals surface area contributed by atoms with E-state index in [1.165, 1.54) is 5.56 Å². The summed E-state index contributed by atoms with van der Waals surface area (Å²) in [6.07, 6.45) is 8.21. The standard InChI is InChI=1S/C19H19NO2/c1-22-16-7-5-14(6-8-16)13-18-17(3-2-4-19(18)21)15-9-11-20-12-10-15/h5-13,17H,2-4H2,1H3. The fourth-order valence-corrected chi connectivity index (χ4v) is 2.96. The van der Waals surface area contributed by atoms with Gasteiger partial charge in [-0.3, -0.25) is 9.78 Å². The van der Waals surface area contributed by atoms with Gasteiger partial charge in [0.1, 0.15) is 5.75 Å². The molecule has 1 unspecified atom stereocenters. The van der Waals surface area contributed by atoms with E-state index in [9.17, 15) is 4.79 Å². The number of hydrogen-bond donors (Lipinski definition) is 0. The molecule has 1 fully saturated rings. The van der Waals surface area contributed by atoms with E-state index in [1.54, 1.807) is 19.5 Å². The lowest BCUT2D eigenvalue weighted by Crippen LogP contribution is -2.17. The van der Waals surface area contributed by atoms with Crippen LogP contribution in [0.5, 0.6) is 5.75 Å². The zero-order valence-electron chi connectivity index (χ0n) is 12.7.